The Hall–Kier alpha value is -4.93. The van der Waals surface area contributed by atoms with Crippen LogP contribution in [0, 0.1) is 11.6 Å². The summed E-state index contributed by atoms with van der Waals surface area (Å²) in [5.41, 5.74) is 1.78. The number of nitrogens with one attached hydrogen (secondary N) is 1. The van der Waals surface area contributed by atoms with Gasteiger partial charge in [-0.25, -0.2) is 18.7 Å². The van der Waals surface area contributed by atoms with Gasteiger partial charge in [0.05, 0.1) is 25.4 Å². The number of ether oxygens (including phenoxy) is 3. The zero-order chi connectivity index (χ0) is 30.7. The molecule has 0 radical (unpaired) electrons. The van der Waals surface area contributed by atoms with Gasteiger partial charge in [-0.3, -0.25) is 4.79 Å². The van der Waals surface area contributed by atoms with Crippen molar-refractivity contribution in [3.05, 3.63) is 73.1 Å². The van der Waals surface area contributed by atoms with Crippen molar-refractivity contribution in [2.45, 2.75) is 18.9 Å². The number of anilines is 3. The minimum absolute atomic E-state index is 0.0885. The van der Waals surface area contributed by atoms with Gasteiger partial charge in [0, 0.05) is 57.0 Å². The first-order chi connectivity index (χ1) is 20.7. The van der Waals surface area contributed by atoms with Crippen molar-refractivity contribution < 1.29 is 27.8 Å². The Balaban J connectivity index is 1.48. The van der Waals surface area contributed by atoms with Crippen molar-refractivity contribution in [1.82, 2.24) is 14.9 Å². The highest BCUT2D eigenvalue weighted by Crippen LogP contribution is 2.39. The van der Waals surface area contributed by atoms with Gasteiger partial charge in [0.15, 0.2) is 17.3 Å². The number of hydrogen-bond donors (Lipinski definition) is 1. The maximum atomic E-state index is 15.4. The van der Waals surface area contributed by atoms with E-state index in [2.05, 4.69) is 21.9 Å². The topological polar surface area (TPSA) is 89.1 Å². The molecule has 1 aliphatic rings. The summed E-state index contributed by atoms with van der Waals surface area (Å²) in [5, 5.41) is 3.96. The molecule has 2 heterocycles. The molecule has 0 saturated carbocycles. The summed E-state index contributed by atoms with van der Waals surface area (Å²) in [6.45, 7) is 4.71. The lowest BCUT2D eigenvalue weighted by molar-refractivity contribution is -0.127. The summed E-state index contributed by atoms with van der Waals surface area (Å²) in [7, 11) is 6.27. The second-order valence-corrected chi connectivity index (χ2v) is 10.3. The van der Waals surface area contributed by atoms with Crippen molar-refractivity contribution >= 4 is 34.0 Å². The number of halogens is 2. The molecule has 5 rings (SSSR count). The van der Waals surface area contributed by atoms with Crippen LogP contribution in [0.5, 0.6) is 17.2 Å². The molecule has 3 aromatic carbocycles. The van der Waals surface area contributed by atoms with Gasteiger partial charge in [0.25, 0.3) is 0 Å². The average molecular weight is 590 g/mol. The Morgan fingerprint density at radius 1 is 1.02 bits per heavy atom. The summed E-state index contributed by atoms with van der Waals surface area (Å²) < 4.78 is 47.3. The van der Waals surface area contributed by atoms with Gasteiger partial charge in [-0.05, 0) is 42.0 Å². The molecule has 1 N–H and O–H groups in total. The molecule has 4 aromatic rings. The van der Waals surface area contributed by atoms with E-state index in [1.165, 1.54) is 36.5 Å². The zero-order valence-corrected chi connectivity index (χ0v) is 24.5. The number of hydrogen-bond acceptors (Lipinski definition) is 8. The number of likely N-dealkylation sites (tertiary alicyclic amines) is 1. The Kier molecular flexibility index (Phi) is 8.61. The van der Waals surface area contributed by atoms with Crippen LogP contribution in [0.4, 0.5) is 26.0 Å². The van der Waals surface area contributed by atoms with Gasteiger partial charge in [-0.2, -0.15) is 0 Å². The molecule has 0 atom stereocenters. The number of fused-ring (bicyclic) bond motifs is 1. The molecular weight excluding hydrogens is 556 g/mol. The average Bonchev–Trinajstić information content (AvgIpc) is 3.01. The molecule has 43 heavy (non-hydrogen) atoms. The second kappa shape index (κ2) is 12.5. The molecule has 11 heteroatoms. The van der Waals surface area contributed by atoms with E-state index in [-0.39, 0.29) is 23.3 Å². The van der Waals surface area contributed by atoms with Crippen LogP contribution < -0.4 is 24.4 Å². The van der Waals surface area contributed by atoms with Gasteiger partial charge >= 0.3 is 0 Å². The first-order valence-electron chi connectivity index (χ1n) is 13.8. The van der Waals surface area contributed by atoms with E-state index in [4.69, 9.17) is 14.2 Å². The number of carbonyl (C=O) groups excluding carboxylic acids is 1. The van der Waals surface area contributed by atoms with Gasteiger partial charge in [0.1, 0.15) is 35.5 Å². The first kappa shape index (κ1) is 29.6. The minimum Gasteiger partial charge on any atom is -0.495 e. The summed E-state index contributed by atoms with van der Waals surface area (Å²) in [5.74, 6) is 0.604. The third-order valence-corrected chi connectivity index (χ3v) is 7.42. The number of benzene rings is 3. The largest absolute Gasteiger partial charge is 0.495 e. The monoisotopic (exact) mass is 589 g/mol. The van der Waals surface area contributed by atoms with E-state index in [0.717, 1.165) is 0 Å². The van der Waals surface area contributed by atoms with Crippen molar-refractivity contribution in [3.8, 4) is 28.4 Å². The maximum absolute atomic E-state index is 15.4. The third kappa shape index (κ3) is 6.01. The first-order valence-corrected chi connectivity index (χ1v) is 13.8. The molecule has 0 aliphatic carbocycles. The Morgan fingerprint density at radius 3 is 2.44 bits per heavy atom. The van der Waals surface area contributed by atoms with Crippen LogP contribution in [-0.2, 0) is 4.79 Å². The molecule has 224 valence electrons. The Morgan fingerprint density at radius 2 is 1.77 bits per heavy atom. The van der Waals surface area contributed by atoms with E-state index in [1.54, 1.807) is 50.4 Å². The minimum atomic E-state index is -0.665. The molecule has 1 aromatic heterocycles. The third-order valence-electron chi connectivity index (χ3n) is 7.42. The van der Waals surface area contributed by atoms with Crippen molar-refractivity contribution in [1.29, 1.82) is 0 Å². The van der Waals surface area contributed by atoms with Crippen LogP contribution in [0.15, 0.2) is 61.4 Å². The maximum Gasteiger partial charge on any atom is 0.245 e. The van der Waals surface area contributed by atoms with Crippen LogP contribution in [0.25, 0.3) is 22.0 Å². The molecule has 1 fully saturated rings. The van der Waals surface area contributed by atoms with Crippen molar-refractivity contribution in [2.24, 2.45) is 0 Å². The molecule has 0 bridgehead atoms. The fraction of sp³-hybridized carbons (Fsp3) is 0.281. The lowest BCUT2D eigenvalue weighted by Crippen LogP contribution is -2.41. The quantitative estimate of drug-likeness (QED) is 0.240. The number of rotatable bonds is 9. The van der Waals surface area contributed by atoms with E-state index in [1.807, 2.05) is 6.07 Å². The SMILES string of the molecule is C=CC(=O)N1CCC(Oc2cc3c(Nc4cc(-c5ccc(F)c(N(C)C)c5F)ccc4OC)ncnc3cc2OC)CC1. The van der Waals surface area contributed by atoms with E-state index in [0.29, 0.717) is 71.2 Å². The molecular formula is C32H33F2N5O4. The fourth-order valence-electron chi connectivity index (χ4n) is 5.19. The van der Waals surface area contributed by atoms with Crippen molar-refractivity contribution in [2.75, 3.05) is 51.6 Å². The number of nitrogens with zero attached hydrogens (tertiary/aromatic N) is 4. The summed E-state index contributed by atoms with van der Waals surface area (Å²) in [4.78, 5) is 24.0. The Labute approximate surface area is 248 Å². The number of amides is 1. The zero-order valence-electron chi connectivity index (χ0n) is 24.5. The second-order valence-electron chi connectivity index (χ2n) is 10.3. The van der Waals surface area contributed by atoms with E-state index >= 15 is 4.39 Å². The molecule has 0 unspecified atom stereocenters. The smallest absolute Gasteiger partial charge is 0.245 e. The molecule has 9 nitrogen and oxygen atoms in total. The highest BCUT2D eigenvalue weighted by molar-refractivity contribution is 5.94. The summed E-state index contributed by atoms with van der Waals surface area (Å²) in [6.07, 6.45) is 3.96. The highest BCUT2D eigenvalue weighted by Gasteiger charge is 2.24. The van der Waals surface area contributed by atoms with Crippen LogP contribution in [0.3, 0.4) is 0 Å². The van der Waals surface area contributed by atoms with E-state index in [9.17, 15) is 9.18 Å². The van der Waals surface area contributed by atoms with Crippen LogP contribution >= 0.6 is 0 Å². The fourth-order valence-corrected chi connectivity index (χ4v) is 5.19. The van der Waals surface area contributed by atoms with Crippen LogP contribution in [0.2, 0.25) is 0 Å². The molecule has 0 spiro atoms. The van der Waals surface area contributed by atoms with Gasteiger partial charge < -0.3 is 29.3 Å². The van der Waals surface area contributed by atoms with E-state index < -0.39 is 11.6 Å². The number of piperidine rings is 1. The predicted molar refractivity (Wildman–Crippen MR) is 162 cm³/mol. The van der Waals surface area contributed by atoms with Gasteiger partial charge in [-0.15, -0.1) is 0 Å². The molecule has 1 amide bonds. The summed E-state index contributed by atoms with van der Waals surface area (Å²) in [6, 6.07) is 11.4. The number of carbonyl (C=O) groups is 1. The summed E-state index contributed by atoms with van der Waals surface area (Å²) >= 11 is 0. The standard InChI is InChI=1S/C32H33F2N5O4/c1-6-29(40)39-13-11-20(12-14-39)43-28-16-22-24(17-27(28)42-5)35-18-36-32(22)37-25-15-19(7-10-26(25)41-4)21-8-9-23(33)31(30(21)34)38(2)3/h6-10,15-18,20H,1,11-14H2,2-5H3,(H,35,36,37). The van der Waals surface area contributed by atoms with Crippen LogP contribution in [0.1, 0.15) is 12.8 Å². The number of methoxy groups -OCH3 is 2. The van der Waals surface area contributed by atoms with Gasteiger partial charge in [0.2, 0.25) is 5.91 Å². The van der Waals surface area contributed by atoms with Gasteiger partial charge in [-0.1, -0.05) is 12.6 Å². The predicted octanol–water partition coefficient (Wildman–Crippen LogP) is 5.96. The lowest BCUT2D eigenvalue weighted by atomic mass is 10.0. The lowest BCUT2D eigenvalue weighted by Gasteiger charge is -2.31. The molecule has 1 saturated heterocycles. The van der Waals surface area contributed by atoms with Crippen molar-refractivity contribution in [3.63, 3.8) is 0 Å². The highest BCUT2D eigenvalue weighted by atomic mass is 19.1. The molecule has 1 aliphatic heterocycles. The Bertz CT molecular complexity index is 1670. The number of aromatic nitrogens is 2. The van der Waals surface area contributed by atoms with Crippen LogP contribution in [-0.4, -0.2) is 68.3 Å². The normalized spacial score (nSPS) is 13.5.